The first-order valence-electron chi connectivity index (χ1n) is 9.87. The Hall–Kier alpha value is -2.96. The van der Waals surface area contributed by atoms with E-state index >= 15 is 0 Å². The van der Waals surface area contributed by atoms with Gasteiger partial charge in [-0.3, -0.25) is 9.59 Å². The van der Waals surface area contributed by atoms with Crippen molar-refractivity contribution in [2.75, 3.05) is 44.2 Å². The largest absolute Gasteiger partial charge is 0.339 e. The number of amides is 2. The zero-order valence-corrected chi connectivity index (χ0v) is 15.9. The minimum atomic E-state index is 0.0133. The normalized spacial score (nSPS) is 18.2. The topological polar surface area (TPSA) is 69.6 Å². The van der Waals surface area contributed by atoms with Crippen LogP contribution in [-0.4, -0.2) is 70.9 Å². The van der Waals surface area contributed by atoms with Crippen LogP contribution in [-0.2, 0) is 4.79 Å². The predicted molar refractivity (Wildman–Crippen MR) is 106 cm³/mol. The van der Waals surface area contributed by atoms with Crippen LogP contribution in [0.2, 0.25) is 0 Å². The molecule has 4 rings (SSSR count). The fourth-order valence-electron chi connectivity index (χ4n) is 3.93. The summed E-state index contributed by atoms with van der Waals surface area (Å²) in [4.78, 5) is 40.0. The third kappa shape index (κ3) is 3.98. The van der Waals surface area contributed by atoms with Crippen molar-refractivity contribution in [2.24, 2.45) is 5.92 Å². The van der Waals surface area contributed by atoms with Gasteiger partial charge in [-0.05, 0) is 31.0 Å². The number of hydrogen-bond acceptors (Lipinski definition) is 5. The average Bonchev–Trinajstić information content (AvgIpc) is 2.79. The zero-order valence-electron chi connectivity index (χ0n) is 15.9. The van der Waals surface area contributed by atoms with E-state index in [-0.39, 0.29) is 17.7 Å². The molecule has 1 aromatic heterocycles. The molecule has 28 heavy (non-hydrogen) atoms. The first-order valence-corrected chi connectivity index (χ1v) is 9.87. The number of nitrogens with zero attached hydrogens (tertiary/aromatic N) is 5. The Labute approximate surface area is 165 Å². The fraction of sp³-hybridized carbons (Fsp3) is 0.429. The van der Waals surface area contributed by atoms with Crippen molar-refractivity contribution >= 4 is 17.8 Å². The maximum absolute atomic E-state index is 12.9. The van der Waals surface area contributed by atoms with E-state index in [1.54, 1.807) is 18.5 Å². The highest BCUT2D eigenvalue weighted by Gasteiger charge is 2.32. The second-order valence-electron chi connectivity index (χ2n) is 7.29. The van der Waals surface area contributed by atoms with Crippen LogP contribution in [0.1, 0.15) is 23.2 Å². The Bertz CT molecular complexity index is 798. The van der Waals surface area contributed by atoms with E-state index in [0.717, 1.165) is 31.9 Å². The molecule has 0 bridgehead atoms. The van der Waals surface area contributed by atoms with E-state index in [9.17, 15) is 9.59 Å². The highest BCUT2D eigenvalue weighted by atomic mass is 16.2. The van der Waals surface area contributed by atoms with Gasteiger partial charge in [-0.2, -0.15) is 0 Å². The van der Waals surface area contributed by atoms with Crippen molar-refractivity contribution in [3.05, 3.63) is 54.4 Å². The van der Waals surface area contributed by atoms with Gasteiger partial charge in [0.05, 0.1) is 0 Å². The van der Waals surface area contributed by atoms with Crippen LogP contribution in [0.3, 0.4) is 0 Å². The van der Waals surface area contributed by atoms with Crippen molar-refractivity contribution in [1.29, 1.82) is 0 Å². The van der Waals surface area contributed by atoms with Gasteiger partial charge in [0.1, 0.15) is 0 Å². The first kappa shape index (κ1) is 18.4. The lowest BCUT2D eigenvalue weighted by Crippen LogP contribution is -2.52. The molecule has 2 amide bonds. The van der Waals surface area contributed by atoms with Crippen molar-refractivity contribution in [1.82, 2.24) is 19.8 Å². The van der Waals surface area contributed by atoms with Crippen LogP contribution in [0.25, 0.3) is 0 Å². The standard InChI is InChI=1S/C21H25N5O2/c27-19(17-5-2-1-3-6-17)24-11-7-18(8-12-24)20(28)25-13-15-26(16-14-25)21-22-9-4-10-23-21/h1-6,9-10,18H,7-8,11-16H2. The minimum absolute atomic E-state index is 0.0133. The van der Waals surface area contributed by atoms with Crippen LogP contribution in [0, 0.1) is 5.92 Å². The van der Waals surface area contributed by atoms with E-state index in [4.69, 9.17) is 0 Å². The second-order valence-corrected chi connectivity index (χ2v) is 7.29. The summed E-state index contributed by atoms with van der Waals surface area (Å²) in [5.41, 5.74) is 0.714. The molecule has 0 N–H and O–H groups in total. The molecule has 146 valence electrons. The monoisotopic (exact) mass is 379 g/mol. The van der Waals surface area contributed by atoms with Gasteiger partial charge in [0.15, 0.2) is 0 Å². The first-order chi connectivity index (χ1) is 13.7. The molecule has 0 spiro atoms. The highest BCUT2D eigenvalue weighted by molar-refractivity contribution is 5.94. The van der Waals surface area contributed by atoms with Crippen LogP contribution in [0.4, 0.5) is 5.95 Å². The molecular weight excluding hydrogens is 354 g/mol. The molecule has 2 saturated heterocycles. The molecule has 0 saturated carbocycles. The SMILES string of the molecule is O=C(c1ccccc1)N1CCC(C(=O)N2CCN(c3ncccn3)CC2)CC1. The number of anilines is 1. The lowest BCUT2D eigenvalue weighted by atomic mass is 9.94. The van der Waals surface area contributed by atoms with E-state index in [1.807, 2.05) is 40.1 Å². The Kier molecular flexibility index (Phi) is 5.50. The lowest BCUT2D eigenvalue weighted by molar-refractivity contribution is -0.137. The number of carbonyl (C=O) groups is 2. The van der Waals surface area contributed by atoms with E-state index in [1.165, 1.54) is 0 Å². The number of likely N-dealkylation sites (tertiary alicyclic amines) is 1. The van der Waals surface area contributed by atoms with Gasteiger partial charge in [0.2, 0.25) is 11.9 Å². The third-order valence-electron chi connectivity index (χ3n) is 5.58. The van der Waals surface area contributed by atoms with Crippen LogP contribution in [0.5, 0.6) is 0 Å². The van der Waals surface area contributed by atoms with Gasteiger partial charge >= 0.3 is 0 Å². The van der Waals surface area contributed by atoms with Gasteiger partial charge in [-0.25, -0.2) is 9.97 Å². The van der Waals surface area contributed by atoms with Gasteiger partial charge in [0.25, 0.3) is 5.91 Å². The molecule has 0 atom stereocenters. The summed E-state index contributed by atoms with van der Waals surface area (Å²) < 4.78 is 0. The van der Waals surface area contributed by atoms with Crippen molar-refractivity contribution in [2.45, 2.75) is 12.8 Å². The number of aromatic nitrogens is 2. The highest BCUT2D eigenvalue weighted by Crippen LogP contribution is 2.22. The predicted octanol–water partition coefficient (Wildman–Crippen LogP) is 1.68. The Balaban J connectivity index is 1.27. The van der Waals surface area contributed by atoms with Gasteiger partial charge in [0, 0.05) is 63.1 Å². The maximum atomic E-state index is 12.9. The van der Waals surface area contributed by atoms with E-state index in [2.05, 4.69) is 14.9 Å². The molecule has 3 heterocycles. The summed E-state index contributed by atoms with van der Waals surface area (Å²) in [6.45, 7) is 4.17. The second kappa shape index (κ2) is 8.37. The lowest BCUT2D eigenvalue weighted by Gasteiger charge is -2.38. The summed E-state index contributed by atoms with van der Waals surface area (Å²) in [6, 6.07) is 11.2. The minimum Gasteiger partial charge on any atom is -0.339 e. The number of piperidine rings is 1. The summed E-state index contributed by atoms with van der Waals surface area (Å²) >= 11 is 0. The average molecular weight is 379 g/mol. The van der Waals surface area contributed by atoms with Crippen molar-refractivity contribution in [3.63, 3.8) is 0 Å². The zero-order chi connectivity index (χ0) is 19.3. The van der Waals surface area contributed by atoms with Crippen LogP contribution < -0.4 is 4.90 Å². The third-order valence-corrected chi connectivity index (χ3v) is 5.58. The summed E-state index contributed by atoms with van der Waals surface area (Å²) in [7, 11) is 0. The quantitative estimate of drug-likeness (QED) is 0.812. The smallest absolute Gasteiger partial charge is 0.253 e. The summed E-state index contributed by atoms with van der Waals surface area (Å²) in [6.07, 6.45) is 4.95. The van der Waals surface area contributed by atoms with Gasteiger partial charge in [-0.1, -0.05) is 18.2 Å². The Morgan fingerprint density at radius 1 is 0.786 bits per heavy atom. The molecular formula is C21H25N5O2. The molecule has 2 aromatic rings. The van der Waals surface area contributed by atoms with Gasteiger partial charge in [-0.15, -0.1) is 0 Å². The van der Waals surface area contributed by atoms with E-state index in [0.29, 0.717) is 31.7 Å². The molecule has 7 nitrogen and oxygen atoms in total. The molecule has 7 heteroatoms. The molecule has 1 aromatic carbocycles. The summed E-state index contributed by atoms with van der Waals surface area (Å²) in [5.74, 6) is 1.02. The number of carbonyl (C=O) groups excluding carboxylic acids is 2. The number of hydrogen-bond donors (Lipinski definition) is 0. The number of piperazine rings is 1. The molecule has 0 unspecified atom stereocenters. The van der Waals surface area contributed by atoms with Crippen molar-refractivity contribution < 1.29 is 9.59 Å². The molecule has 2 aliphatic heterocycles. The Morgan fingerprint density at radius 3 is 2.07 bits per heavy atom. The molecule has 0 aliphatic carbocycles. The number of rotatable bonds is 3. The molecule has 2 fully saturated rings. The Morgan fingerprint density at radius 2 is 1.43 bits per heavy atom. The fourth-order valence-corrected chi connectivity index (χ4v) is 3.93. The maximum Gasteiger partial charge on any atom is 0.253 e. The van der Waals surface area contributed by atoms with Crippen molar-refractivity contribution in [3.8, 4) is 0 Å². The van der Waals surface area contributed by atoms with Crippen LogP contribution >= 0.6 is 0 Å². The van der Waals surface area contributed by atoms with E-state index < -0.39 is 0 Å². The molecule has 0 radical (unpaired) electrons. The number of benzene rings is 1. The molecule has 2 aliphatic rings. The van der Waals surface area contributed by atoms with Gasteiger partial charge < -0.3 is 14.7 Å². The summed E-state index contributed by atoms with van der Waals surface area (Å²) in [5, 5.41) is 0. The van der Waals surface area contributed by atoms with Crippen LogP contribution in [0.15, 0.2) is 48.8 Å².